The molecule has 1 aromatic rings. The van der Waals surface area contributed by atoms with Gasteiger partial charge in [0.05, 0.1) is 0 Å². The number of aryl methyl sites for hydroxylation is 1. The van der Waals surface area contributed by atoms with Crippen LogP contribution in [-0.4, -0.2) is 23.6 Å². The van der Waals surface area contributed by atoms with Crippen molar-refractivity contribution in [3.05, 3.63) is 23.5 Å². The molecule has 4 nitrogen and oxygen atoms in total. The van der Waals surface area contributed by atoms with E-state index in [4.69, 9.17) is 0 Å². The van der Waals surface area contributed by atoms with Crippen LogP contribution in [0, 0.1) is 0 Å². The van der Waals surface area contributed by atoms with Gasteiger partial charge >= 0.3 is 0 Å². The Morgan fingerprint density at radius 1 is 1.35 bits per heavy atom. The summed E-state index contributed by atoms with van der Waals surface area (Å²) in [5.74, 6) is 0.108. The number of nitrogens with zero attached hydrogens (tertiary/aromatic N) is 1. The van der Waals surface area contributed by atoms with Crippen molar-refractivity contribution in [2.45, 2.75) is 58.5 Å². The van der Waals surface area contributed by atoms with Crippen LogP contribution in [0.4, 0.5) is 0 Å². The van der Waals surface area contributed by atoms with Gasteiger partial charge in [0.15, 0.2) is 0 Å². The SMILES string of the molecule is CCCNC(=O)Cn1cc2c(c1)C(NCC)CCCC2. The van der Waals surface area contributed by atoms with Crippen LogP contribution in [0.1, 0.15) is 56.7 Å². The number of aromatic nitrogens is 1. The van der Waals surface area contributed by atoms with Gasteiger partial charge in [0.25, 0.3) is 0 Å². The van der Waals surface area contributed by atoms with E-state index in [9.17, 15) is 4.79 Å². The van der Waals surface area contributed by atoms with E-state index in [-0.39, 0.29) is 5.91 Å². The molecule has 0 aromatic carbocycles. The van der Waals surface area contributed by atoms with Gasteiger partial charge in [-0.3, -0.25) is 4.79 Å². The Balaban J connectivity index is 2.06. The highest BCUT2D eigenvalue weighted by molar-refractivity contribution is 5.75. The average Bonchev–Trinajstić information content (AvgIpc) is 2.74. The molecule has 0 spiro atoms. The van der Waals surface area contributed by atoms with Crippen molar-refractivity contribution in [2.24, 2.45) is 0 Å². The van der Waals surface area contributed by atoms with Crippen molar-refractivity contribution >= 4 is 5.91 Å². The van der Waals surface area contributed by atoms with Crippen LogP contribution >= 0.6 is 0 Å². The molecule has 0 radical (unpaired) electrons. The summed E-state index contributed by atoms with van der Waals surface area (Å²) in [7, 11) is 0. The fourth-order valence-electron chi connectivity index (χ4n) is 2.95. The van der Waals surface area contributed by atoms with Crippen LogP contribution < -0.4 is 10.6 Å². The van der Waals surface area contributed by atoms with Crippen LogP contribution in [0.3, 0.4) is 0 Å². The molecule has 1 heterocycles. The molecule has 0 bridgehead atoms. The summed E-state index contributed by atoms with van der Waals surface area (Å²) in [5, 5.41) is 6.50. The van der Waals surface area contributed by atoms with Crippen molar-refractivity contribution in [1.82, 2.24) is 15.2 Å². The van der Waals surface area contributed by atoms with Gasteiger partial charge < -0.3 is 15.2 Å². The molecule has 2 rings (SSSR count). The van der Waals surface area contributed by atoms with E-state index in [0.717, 1.165) is 25.9 Å². The quantitative estimate of drug-likeness (QED) is 0.784. The van der Waals surface area contributed by atoms with Crippen LogP contribution in [0.25, 0.3) is 0 Å². The predicted octanol–water partition coefficient (Wildman–Crippen LogP) is 2.39. The number of carbonyl (C=O) groups is 1. The van der Waals surface area contributed by atoms with E-state index in [1.807, 2.05) is 4.57 Å². The molecule has 4 heteroatoms. The first-order valence-corrected chi connectivity index (χ1v) is 7.93. The predicted molar refractivity (Wildman–Crippen MR) is 81.7 cm³/mol. The van der Waals surface area contributed by atoms with Gasteiger partial charge in [0.1, 0.15) is 6.54 Å². The second-order valence-electron chi connectivity index (χ2n) is 5.62. The molecule has 0 saturated heterocycles. The summed E-state index contributed by atoms with van der Waals surface area (Å²) >= 11 is 0. The standard InChI is InChI=1S/C16H27N3O/c1-3-9-18-16(20)12-19-10-13-7-5-6-8-15(17-4-2)14(13)11-19/h10-11,15,17H,3-9,12H2,1-2H3,(H,18,20). The van der Waals surface area contributed by atoms with Gasteiger partial charge in [-0.15, -0.1) is 0 Å². The molecule has 20 heavy (non-hydrogen) atoms. The maximum atomic E-state index is 11.8. The average molecular weight is 277 g/mol. The van der Waals surface area contributed by atoms with Gasteiger partial charge in [-0.2, -0.15) is 0 Å². The van der Waals surface area contributed by atoms with E-state index in [1.54, 1.807) is 0 Å². The zero-order chi connectivity index (χ0) is 14.4. The minimum absolute atomic E-state index is 0.108. The Morgan fingerprint density at radius 2 is 2.20 bits per heavy atom. The van der Waals surface area contributed by atoms with Crippen molar-refractivity contribution in [3.63, 3.8) is 0 Å². The first-order valence-electron chi connectivity index (χ1n) is 7.93. The van der Waals surface area contributed by atoms with Gasteiger partial charge in [0, 0.05) is 25.0 Å². The molecule has 1 aliphatic rings. The second-order valence-corrected chi connectivity index (χ2v) is 5.62. The van der Waals surface area contributed by atoms with Gasteiger partial charge in [-0.1, -0.05) is 20.3 Å². The number of nitrogens with one attached hydrogen (secondary N) is 2. The van der Waals surface area contributed by atoms with Gasteiger partial charge in [0.2, 0.25) is 5.91 Å². The highest BCUT2D eigenvalue weighted by atomic mass is 16.1. The van der Waals surface area contributed by atoms with E-state index >= 15 is 0 Å². The topological polar surface area (TPSA) is 46.1 Å². The Bertz CT molecular complexity index is 439. The third-order valence-electron chi connectivity index (χ3n) is 3.91. The summed E-state index contributed by atoms with van der Waals surface area (Å²) in [6.45, 7) is 6.41. The fourth-order valence-corrected chi connectivity index (χ4v) is 2.95. The lowest BCUT2D eigenvalue weighted by Gasteiger charge is -2.15. The molecule has 1 unspecified atom stereocenters. The number of fused-ring (bicyclic) bond motifs is 1. The number of rotatable bonds is 6. The molecule has 0 aliphatic heterocycles. The van der Waals surface area contributed by atoms with Crippen LogP contribution in [0.15, 0.2) is 12.4 Å². The Morgan fingerprint density at radius 3 is 2.95 bits per heavy atom. The molecule has 2 N–H and O–H groups in total. The summed E-state index contributed by atoms with van der Waals surface area (Å²) in [4.78, 5) is 11.8. The number of hydrogen-bond acceptors (Lipinski definition) is 2. The molecule has 1 aliphatic carbocycles. The Hall–Kier alpha value is -1.29. The monoisotopic (exact) mass is 277 g/mol. The molecular weight excluding hydrogens is 250 g/mol. The van der Waals surface area contributed by atoms with Crippen molar-refractivity contribution < 1.29 is 4.79 Å². The second kappa shape index (κ2) is 7.48. The third-order valence-corrected chi connectivity index (χ3v) is 3.91. The zero-order valence-electron chi connectivity index (χ0n) is 12.7. The lowest BCUT2D eigenvalue weighted by molar-refractivity contribution is -0.121. The number of hydrogen-bond donors (Lipinski definition) is 2. The lowest BCUT2D eigenvalue weighted by atomic mass is 10.0. The van der Waals surface area contributed by atoms with Crippen LogP contribution in [0.5, 0.6) is 0 Å². The van der Waals surface area contributed by atoms with Gasteiger partial charge in [-0.05, 0) is 43.4 Å². The highest BCUT2D eigenvalue weighted by Crippen LogP contribution is 2.29. The van der Waals surface area contributed by atoms with E-state index in [1.165, 1.54) is 30.4 Å². The maximum Gasteiger partial charge on any atom is 0.239 e. The summed E-state index contributed by atoms with van der Waals surface area (Å²) in [6, 6.07) is 0.456. The summed E-state index contributed by atoms with van der Waals surface area (Å²) < 4.78 is 2.05. The van der Waals surface area contributed by atoms with E-state index in [2.05, 4.69) is 36.9 Å². The first kappa shape index (κ1) is 15.1. The molecule has 0 saturated carbocycles. The molecular formula is C16H27N3O. The Kier molecular flexibility index (Phi) is 5.65. The molecule has 112 valence electrons. The molecule has 1 amide bonds. The first-order chi connectivity index (χ1) is 9.74. The largest absolute Gasteiger partial charge is 0.355 e. The molecule has 1 atom stereocenters. The van der Waals surface area contributed by atoms with E-state index in [0.29, 0.717) is 12.6 Å². The minimum atomic E-state index is 0.108. The maximum absolute atomic E-state index is 11.8. The van der Waals surface area contributed by atoms with Crippen molar-refractivity contribution in [2.75, 3.05) is 13.1 Å². The summed E-state index contributed by atoms with van der Waals surface area (Å²) in [5.41, 5.74) is 2.81. The normalized spacial score (nSPS) is 18.4. The fraction of sp³-hybridized carbons (Fsp3) is 0.688. The third kappa shape index (κ3) is 3.85. The molecule has 1 aromatic heterocycles. The van der Waals surface area contributed by atoms with Crippen LogP contribution in [0.2, 0.25) is 0 Å². The smallest absolute Gasteiger partial charge is 0.239 e. The van der Waals surface area contributed by atoms with Gasteiger partial charge in [-0.25, -0.2) is 0 Å². The van der Waals surface area contributed by atoms with Crippen molar-refractivity contribution in [1.29, 1.82) is 0 Å². The minimum Gasteiger partial charge on any atom is -0.355 e. The lowest BCUT2D eigenvalue weighted by Crippen LogP contribution is -2.27. The van der Waals surface area contributed by atoms with E-state index < -0.39 is 0 Å². The van der Waals surface area contributed by atoms with Crippen LogP contribution in [-0.2, 0) is 17.8 Å². The number of amides is 1. The van der Waals surface area contributed by atoms with Crippen molar-refractivity contribution in [3.8, 4) is 0 Å². The zero-order valence-corrected chi connectivity index (χ0v) is 12.7. The Labute approximate surface area is 121 Å². The summed E-state index contributed by atoms with van der Waals surface area (Å²) in [6.07, 6.45) is 10.2. The highest BCUT2D eigenvalue weighted by Gasteiger charge is 2.20. The number of carbonyl (C=O) groups excluding carboxylic acids is 1. The molecule has 0 fully saturated rings.